The van der Waals surface area contributed by atoms with Crippen LogP contribution in [0.4, 0.5) is 8.78 Å². The van der Waals surface area contributed by atoms with Crippen LogP contribution in [0.15, 0.2) is 12.4 Å². The van der Waals surface area contributed by atoms with Crippen LogP contribution in [0.5, 0.6) is 0 Å². The molecule has 4 heterocycles. The molecule has 4 rings (SSSR count). The van der Waals surface area contributed by atoms with Gasteiger partial charge in [-0.15, -0.1) is 5.10 Å². The smallest absolute Gasteiger partial charge is 0.282 e. The molecule has 9 heteroatoms. The molecule has 0 aromatic carbocycles. The van der Waals surface area contributed by atoms with E-state index in [1.165, 1.54) is 0 Å². The van der Waals surface area contributed by atoms with Crippen LogP contribution in [0.3, 0.4) is 0 Å². The predicted octanol–water partition coefficient (Wildman–Crippen LogP) is 1.45. The first kappa shape index (κ1) is 14.3. The maximum atomic E-state index is 13.3. The van der Waals surface area contributed by atoms with Gasteiger partial charge in [0.2, 0.25) is 0 Å². The molecule has 2 aliphatic heterocycles. The lowest BCUT2D eigenvalue weighted by Crippen LogP contribution is -2.51. The Morgan fingerprint density at radius 1 is 1.30 bits per heavy atom. The number of nitrogens with zero attached hydrogens (tertiary/aromatic N) is 6. The summed E-state index contributed by atoms with van der Waals surface area (Å²) in [7, 11) is 0. The summed E-state index contributed by atoms with van der Waals surface area (Å²) >= 11 is 0. The monoisotopic (exact) mass is 322 g/mol. The lowest BCUT2D eigenvalue weighted by atomic mass is 10.1. The molecule has 0 saturated carbocycles. The van der Waals surface area contributed by atoms with Crippen molar-refractivity contribution in [1.82, 2.24) is 29.4 Å². The molecular formula is C14H16F2N6O. The summed E-state index contributed by atoms with van der Waals surface area (Å²) in [6.45, 7) is 1.48. The molecule has 0 atom stereocenters. The van der Waals surface area contributed by atoms with E-state index >= 15 is 0 Å². The van der Waals surface area contributed by atoms with Crippen molar-refractivity contribution in [3.63, 3.8) is 0 Å². The van der Waals surface area contributed by atoms with Gasteiger partial charge in [-0.25, -0.2) is 18.4 Å². The van der Waals surface area contributed by atoms with Crippen LogP contribution in [0.2, 0.25) is 0 Å². The van der Waals surface area contributed by atoms with Crippen LogP contribution in [0, 0.1) is 0 Å². The van der Waals surface area contributed by atoms with Crippen molar-refractivity contribution in [3.05, 3.63) is 29.6 Å². The van der Waals surface area contributed by atoms with E-state index in [1.54, 1.807) is 26.5 Å². The van der Waals surface area contributed by atoms with Gasteiger partial charge >= 0.3 is 0 Å². The number of carbonyl (C=O) groups is 1. The van der Waals surface area contributed by atoms with Crippen molar-refractivity contribution in [2.75, 3.05) is 13.1 Å². The summed E-state index contributed by atoms with van der Waals surface area (Å²) in [6, 6.07) is 0.0557. The van der Waals surface area contributed by atoms with E-state index in [0.29, 0.717) is 31.9 Å². The Morgan fingerprint density at radius 3 is 2.83 bits per heavy atom. The number of likely N-dealkylation sites (tertiary alicyclic amines) is 1. The minimum atomic E-state index is -2.74. The van der Waals surface area contributed by atoms with E-state index < -0.39 is 6.43 Å². The van der Waals surface area contributed by atoms with Crippen LogP contribution < -0.4 is 0 Å². The maximum Gasteiger partial charge on any atom is 0.282 e. The van der Waals surface area contributed by atoms with Gasteiger partial charge in [-0.3, -0.25) is 4.79 Å². The Balaban J connectivity index is 1.58. The first-order valence-corrected chi connectivity index (χ1v) is 7.67. The van der Waals surface area contributed by atoms with Crippen molar-refractivity contribution >= 4 is 5.91 Å². The van der Waals surface area contributed by atoms with E-state index in [0.717, 1.165) is 12.8 Å². The minimum absolute atomic E-state index is 0.0557. The van der Waals surface area contributed by atoms with Crippen molar-refractivity contribution in [2.45, 2.75) is 38.3 Å². The SMILES string of the molecule is O=C(c1c(C(F)F)nc2n1CCCC2)N1CC(n2ccnn2)C1. The number of imidazole rings is 1. The number of rotatable bonds is 3. The molecule has 1 fully saturated rings. The van der Waals surface area contributed by atoms with Gasteiger partial charge in [0, 0.05) is 32.3 Å². The van der Waals surface area contributed by atoms with Crippen LogP contribution in [-0.4, -0.2) is 48.4 Å². The maximum absolute atomic E-state index is 13.3. The Bertz CT molecular complexity index is 720. The van der Waals surface area contributed by atoms with Gasteiger partial charge in [-0.2, -0.15) is 0 Å². The quantitative estimate of drug-likeness (QED) is 0.857. The standard InChI is InChI=1S/C14H16F2N6O/c15-13(16)11-12(21-5-2-1-3-10(21)18-11)14(23)20-7-9(8-20)22-6-4-17-19-22/h4,6,9,13H,1-3,5,7-8H2. The summed E-state index contributed by atoms with van der Waals surface area (Å²) in [5, 5.41) is 7.64. The highest BCUT2D eigenvalue weighted by Gasteiger charge is 2.38. The number of aryl methyl sites for hydroxylation is 1. The lowest BCUT2D eigenvalue weighted by Gasteiger charge is -2.39. The molecule has 1 saturated heterocycles. The van der Waals surface area contributed by atoms with E-state index in [4.69, 9.17) is 0 Å². The van der Waals surface area contributed by atoms with Gasteiger partial charge in [-0.1, -0.05) is 5.21 Å². The predicted molar refractivity (Wildman–Crippen MR) is 75.1 cm³/mol. The first-order chi connectivity index (χ1) is 11.1. The molecular weight excluding hydrogens is 306 g/mol. The molecule has 1 amide bonds. The summed E-state index contributed by atoms with van der Waals surface area (Å²) in [6.07, 6.45) is 3.03. The van der Waals surface area contributed by atoms with Gasteiger partial charge < -0.3 is 9.47 Å². The molecule has 0 unspecified atom stereocenters. The first-order valence-electron chi connectivity index (χ1n) is 7.67. The molecule has 2 aliphatic rings. The molecule has 0 spiro atoms. The van der Waals surface area contributed by atoms with E-state index in [2.05, 4.69) is 15.3 Å². The van der Waals surface area contributed by atoms with Crippen LogP contribution >= 0.6 is 0 Å². The third-order valence-electron chi connectivity index (χ3n) is 4.48. The second kappa shape index (κ2) is 5.39. The number of carbonyl (C=O) groups excluding carboxylic acids is 1. The zero-order valence-corrected chi connectivity index (χ0v) is 12.4. The Hall–Kier alpha value is -2.32. The van der Waals surface area contributed by atoms with Gasteiger partial charge in [0.1, 0.15) is 17.2 Å². The van der Waals surface area contributed by atoms with Crippen LogP contribution in [0.25, 0.3) is 0 Å². The number of hydrogen-bond donors (Lipinski definition) is 0. The highest BCUT2D eigenvalue weighted by molar-refractivity contribution is 5.94. The molecule has 122 valence electrons. The van der Waals surface area contributed by atoms with Crippen molar-refractivity contribution < 1.29 is 13.6 Å². The number of fused-ring (bicyclic) bond motifs is 1. The fourth-order valence-electron chi connectivity index (χ4n) is 3.23. The topological polar surface area (TPSA) is 68.8 Å². The third kappa shape index (κ3) is 2.30. The molecule has 0 radical (unpaired) electrons. The summed E-state index contributed by atoms with van der Waals surface area (Å²) in [4.78, 5) is 18.3. The van der Waals surface area contributed by atoms with E-state index in [9.17, 15) is 13.6 Å². The molecule has 0 aliphatic carbocycles. The number of halogens is 2. The Kier molecular flexibility index (Phi) is 3.35. The van der Waals surface area contributed by atoms with Crippen molar-refractivity contribution in [3.8, 4) is 0 Å². The minimum Gasteiger partial charge on any atom is -0.333 e. The number of aromatic nitrogens is 5. The molecule has 2 aromatic heterocycles. The average Bonchev–Trinajstić information content (AvgIpc) is 3.12. The van der Waals surface area contributed by atoms with Gasteiger partial charge in [-0.05, 0) is 12.8 Å². The number of alkyl halides is 2. The highest BCUT2D eigenvalue weighted by atomic mass is 19.3. The van der Waals surface area contributed by atoms with E-state index in [1.807, 2.05) is 0 Å². The fraction of sp³-hybridized carbons (Fsp3) is 0.571. The van der Waals surface area contributed by atoms with Crippen molar-refractivity contribution in [1.29, 1.82) is 0 Å². The fourth-order valence-corrected chi connectivity index (χ4v) is 3.23. The molecule has 2 aromatic rings. The molecule has 7 nitrogen and oxygen atoms in total. The highest BCUT2D eigenvalue weighted by Crippen LogP contribution is 2.30. The van der Waals surface area contributed by atoms with E-state index in [-0.39, 0.29) is 23.3 Å². The normalized spacial score (nSPS) is 18.1. The van der Waals surface area contributed by atoms with Crippen LogP contribution in [0.1, 0.15) is 47.3 Å². The summed E-state index contributed by atoms with van der Waals surface area (Å²) in [5.74, 6) is 0.237. The summed E-state index contributed by atoms with van der Waals surface area (Å²) < 4.78 is 29.9. The average molecular weight is 322 g/mol. The van der Waals surface area contributed by atoms with Gasteiger partial charge in [0.25, 0.3) is 12.3 Å². The van der Waals surface area contributed by atoms with Gasteiger partial charge in [0.15, 0.2) is 0 Å². The molecule has 23 heavy (non-hydrogen) atoms. The van der Waals surface area contributed by atoms with Crippen LogP contribution in [-0.2, 0) is 13.0 Å². The largest absolute Gasteiger partial charge is 0.333 e. The summed E-state index contributed by atoms with van der Waals surface area (Å²) in [5.41, 5.74) is -0.317. The second-order valence-electron chi connectivity index (χ2n) is 5.92. The lowest BCUT2D eigenvalue weighted by molar-refractivity contribution is 0.0476. The second-order valence-corrected chi connectivity index (χ2v) is 5.92. The Labute approximate surface area is 130 Å². The zero-order chi connectivity index (χ0) is 16.0. The number of hydrogen-bond acceptors (Lipinski definition) is 4. The Morgan fingerprint density at radius 2 is 2.13 bits per heavy atom. The zero-order valence-electron chi connectivity index (χ0n) is 12.4. The van der Waals surface area contributed by atoms with Gasteiger partial charge in [0.05, 0.1) is 12.2 Å². The van der Waals surface area contributed by atoms with Crippen molar-refractivity contribution in [2.24, 2.45) is 0 Å². The molecule has 0 bridgehead atoms. The number of amides is 1. The third-order valence-corrected chi connectivity index (χ3v) is 4.48. The molecule has 0 N–H and O–H groups in total.